The molecule has 1 saturated heterocycles. The molecule has 0 amide bonds. The Morgan fingerprint density at radius 2 is 1.92 bits per heavy atom. The smallest absolute Gasteiger partial charge is 0.277 e. The molecule has 0 spiro atoms. The summed E-state index contributed by atoms with van der Waals surface area (Å²) in [5, 5.41) is 0. The van der Waals surface area contributed by atoms with E-state index in [-0.39, 0.29) is 34.4 Å². The molecule has 7 heteroatoms. The summed E-state index contributed by atoms with van der Waals surface area (Å²) in [6, 6.07) is 0. The first-order valence-electron chi connectivity index (χ1n) is 9.81. The monoisotopic (exact) mass is 404 g/mol. The van der Waals surface area contributed by atoms with Gasteiger partial charge in [-0.05, 0) is 43.4 Å². The molecular weight excluding hydrogens is 372 g/mol. The number of carbonyl (C=O) groups excluding carboxylic acids is 2. The molecular formula is C19H32O5S2. The maximum Gasteiger partial charge on any atom is 0.277 e. The zero-order valence-electron chi connectivity index (χ0n) is 16.2. The number of ketones is 2. The van der Waals surface area contributed by atoms with Crippen LogP contribution in [0.4, 0.5) is 0 Å². The maximum absolute atomic E-state index is 13.0. The van der Waals surface area contributed by atoms with Crippen molar-refractivity contribution in [1.29, 1.82) is 0 Å². The van der Waals surface area contributed by atoms with Gasteiger partial charge in [0.2, 0.25) is 0 Å². The van der Waals surface area contributed by atoms with Crippen LogP contribution in [0.5, 0.6) is 0 Å². The molecule has 2 aliphatic carbocycles. The van der Waals surface area contributed by atoms with Crippen LogP contribution in [0.2, 0.25) is 0 Å². The summed E-state index contributed by atoms with van der Waals surface area (Å²) in [5.74, 6) is 1.90. The molecule has 0 radical (unpaired) electrons. The van der Waals surface area contributed by atoms with Gasteiger partial charge in [-0.1, -0.05) is 20.8 Å². The lowest BCUT2D eigenvalue weighted by atomic mass is 9.70. The van der Waals surface area contributed by atoms with Crippen LogP contribution in [0.1, 0.15) is 65.7 Å². The normalized spacial score (nSPS) is 33.5. The second-order valence-corrected chi connectivity index (χ2v) is 13.9. The van der Waals surface area contributed by atoms with Gasteiger partial charge in [0.05, 0.1) is 16.9 Å². The van der Waals surface area contributed by atoms with Crippen molar-refractivity contribution in [2.75, 3.05) is 23.0 Å². The molecule has 2 atom stereocenters. The number of rotatable bonds is 8. The fourth-order valence-electron chi connectivity index (χ4n) is 5.37. The second kappa shape index (κ2) is 6.89. The summed E-state index contributed by atoms with van der Waals surface area (Å²) in [7, 11) is -5.76. The third-order valence-electron chi connectivity index (χ3n) is 7.05. The van der Waals surface area contributed by atoms with Gasteiger partial charge >= 0.3 is 0 Å². The predicted octanol–water partition coefficient (Wildman–Crippen LogP) is 3.61. The van der Waals surface area contributed by atoms with Gasteiger partial charge in [0, 0.05) is 24.3 Å². The van der Waals surface area contributed by atoms with Gasteiger partial charge in [-0.15, -0.1) is 10.3 Å². The quantitative estimate of drug-likeness (QED) is 0.617. The van der Waals surface area contributed by atoms with E-state index < -0.39 is 25.8 Å². The molecule has 0 N–H and O–H groups in total. The van der Waals surface area contributed by atoms with E-state index in [4.69, 9.17) is 3.63 Å². The Morgan fingerprint density at radius 1 is 1.27 bits per heavy atom. The Balaban J connectivity index is 1.79. The highest BCUT2D eigenvalue weighted by Gasteiger charge is 2.65. The second-order valence-electron chi connectivity index (χ2n) is 8.95. The Bertz CT molecular complexity index is 691. The van der Waals surface area contributed by atoms with Gasteiger partial charge in [0.15, 0.2) is 0 Å². The van der Waals surface area contributed by atoms with Crippen molar-refractivity contribution in [1.82, 2.24) is 0 Å². The Labute approximate surface area is 159 Å². The lowest BCUT2D eigenvalue weighted by molar-refractivity contribution is -0.128. The van der Waals surface area contributed by atoms with Crippen molar-refractivity contribution in [3.63, 3.8) is 0 Å². The highest BCUT2D eigenvalue weighted by molar-refractivity contribution is 8.33. The fraction of sp³-hybridized carbons (Fsp3) is 0.895. The van der Waals surface area contributed by atoms with Crippen molar-refractivity contribution in [2.24, 2.45) is 16.7 Å². The lowest BCUT2D eigenvalue weighted by Gasteiger charge is -2.38. The van der Waals surface area contributed by atoms with Gasteiger partial charge in [0.1, 0.15) is 11.6 Å². The number of Topliss-reactive ketones (excluding diaryl/α,β-unsaturated/α-hetero) is 2. The number of hydrogen-bond acceptors (Lipinski definition) is 5. The summed E-state index contributed by atoms with van der Waals surface area (Å²) in [6.45, 7) is 6.03. The highest BCUT2D eigenvalue weighted by Crippen LogP contribution is 2.65. The summed E-state index contributed by atoms with van der Waals surface area (Å²) < 4.78 is 31.9. The molecule has 5 nitrogen and oxygen atoms in total. The lowest BCUT2D eigenvalue weighted by Crippen LogP contribution is -2.43. The van der Waals surface area contributed by atoms with E-state index in [0.29, 0.717) is 30.8 Å². The predicted molar refractivity (Wildman–Crippen MR) is 105 cm³/mol. The van der Waals surface area contributed by atoms with Crippen LogP contribution in [0, 0.1) is 16.7 Å². The van der Waals surface area contributed by atoms with Crippen LogP contribution >= 0.6 is 10.3 Å². The van der Waals surface area contributed by atoms with Crippen molar-refractivity contribution < 1.29 is 21.6 Å². The SMILES string of the molecule is CCCC(=O)CS1(OS(=O)(=O)CC23CCC(CC2=O)C3(C)C)CCCC1. The van der Waals surface area contributed by atoms with E-state index in [0.717, 1.165) is 25.7 Å². The molecule has 0 aromatic heterocycles. The van der Waals surface area contributed by atoms with Crippen molar-refractivity contribution >= 4 is 32.0 Å². The Morgan fingerprint density at radius 3 is 2.42 bits per heavy atom. The third-order valence-corrected chi connectivity index (χ3v) is 12.8. The molecule has 1 heterocycles. The van der Waals surface area contributed by atoms with Crippen LogP contribution < -0.4 is 0 Å². The van der Waals surface area contributed by atoms with E-state index in [1.54, 1.807) is 0 Å². The summed E-state index contributed by atoms with van der Waals surface area (Å²) >= 11 is 0. The van der Waals surface area contributed by atoms with Gasteiger partial charge in [-0.3, -0.25) is 9.59 Å². The minimum Gasteiger partial charge on any atom is -0.299 e. The van der Waals surface area contributed by atoms with Crippen LogP contribution in [-0.2, 0) is 23.3 Å². The summed E-state index contributed by atoms with van der Waals surface area (Å²) in [6.07, 6.45) is 5.15. The van der Waals surface area contributed by atoms with Crippen molar-refractivity contribution in [3.05, 3.63) is 0 Å². The van der Waals surface area contributed by atoms with Crippen LogP contribution in [0.3, 0.4) is 0 Å². The van der Waals surface area contributed by atoms with E-state index in [9.17, 15) is 18.0 Å². The van der Waals surface area contributed by atoms with Crippen molar-refractivity contribution in [2.45, 2.75) is 65.7 Å². The zero-order chi connectivity index (χ0) is 19.2. The summed E-state index contributed by atoms with van der Waals surface area (Å²) in [5.41, 5.74) is -1.10. The largest absolute Gasteiger partial charge is 0.299 e. The van der Waals surface area contributed by atoms with Crippen LogP contribution in [0.15, 0.2) is 0 Å². The number of fused-ring (bicyclic) bond motifs is 2. The van der Waals surface area contributed by atoms with Crippen molar-refractivity contribution in [3.8, 4) is 0 Å². The van der Waals surface area contributed by atoms with Crippen LogP contribution in [0.25, 0.3) is 0 Å². The molecule has 2 bridgehead atoms. The van der Waals surface area contributed by atoms with Gasteiger partial charge in [-0.25, -0.2) is 3.63 Å². The van der Waals surface area contributed by atoms with Gasteiger partial charge in [0.25, 0.3) is 10.1 Å². The first-order chi connectivity index (χ1) is 12.1. The molecule has 26 heavy (non-hydrogen) atoms. The standard InChI is InChI=1S/C19H32O5S2/c1-4-7-16(20)13-25(10-5-6-11-25)24-26(22,23)14-19-9-8-15(12-17(19)21)18(19,2)3/h15H,4-14H2,1-3H3. The minimum absolute atomic E-state index is 0.0865. The molecule has 2 unspecified atom stereocenters. The van der Waals surface area contributed by atoms with E-state index in [1.165, 1.54) is 0 Å². The first kappa shape index (κ1) is 20.3. The Kier molecular flexibility index (Phi) is 5.39. The molecule has 150 valence electrons. The average Bonchev–Trinajstić information content (AvgIpc) is 3.09. The molecule has 3 fully saturated rings. The average molecular weight is 405 g/mol. The van der Waals surface area contributed by atoms with E-state index in [1.807, 2.05) is 20.8 Å². The maximum atomic E-state index is 13.0. The van der Waals surface area contributed by atoms with Gasteiger partial charge in [-0.2, -0.15) is 8.42 Å². The Hall–Kier alpha value is -0.400. The number of carbonyl (C=O) groups is 2. The van der Waals surface area contributed by atoms with E-state index in [2.05, 4.69) is 0 Å². The highest BCUT2D eigenvalue weighted by atomic mass is 32.3. The zero-order valence-corrected chi connectivity index (χ0v) is 17.8. The first-order valence-corrected chi connectivity index (χ1v) is 13.5. The molecule has 1 aliphatic heterocycles. The third kappa shape index (κ3) is 3.39. The topological polar surface area (TPSA) is 77.5 Å². The van der Waals surface area contributed by atoms with Crippen LogP contribution in [-0.4, -0.2) is 43.0 Å². The molecule has 3 aliphatic rings. The molecule has 2 saturated carbocycles. The summed E-state index contributed by atoms with van der Waals surface area (Å²) in [4.78, 5) is 24.9. The molecule has 0 aromatic carbocycles. The fourth-order valence-corrected chi connectivity index (χ4v) is 12.0. The van der Waals surface area contributed by atoms with Gasteiger partial charge < -0.3 is 0 Å². The number of hydrogen-bond donors (Lipinski definition) is 0. The molecule has 0 aromatic rings. The van der Waals surface area contributed by atoms with E-state index >= 15 is 0 Å². The minimum atomic E-state index is -3.85. The molecule has 3 rings (SSSR count).